The molecular formula is C14H16FN3O3S. The quantitative estimate of drug-likeness (QED) is 0.930. The minimum absolute atomic E-state index is 0.0676. The van der Waals surface area contributed by atoms with E-state index in [-0.39, 0.29) is 18.0 Å². The van der Waals surface area contributed by atoms with Crippen molar-refractivity contribution in [1.29, 1.82) is 0 Å². The normalized spacial score (nSPS) is 20.2. The molecule has 0 saturated carbocycles. The molecule has 1 aromatic carbocycles. The van der Waals surface area contributed by atoms with Crippen molar-refractivity contribution in [2.75, 3.05) is 19.8 Å². The number of sulfonamides is 1. The number of rotatable bonds is 3. The molecule has 3 rings (SSSR count). The number of hydrogen-bond donors (Lipinski definition) is 1. The fourth-order valence-electron chi connectivity index (χ4n) is 2.54. The number of nitrogens with one attached hydrogen (secondary N) is 1. The lowest BCUT2D eigenvalue weighted by Crippen LogP contribution is -2.43. The van der Waals surface area contributed by atoms with Crippen molar-refractivity contribution in [3.05, 3.63) is 47.5 Å². The summed E-state index contributed by atoms with van der Waals surface area (Å²) in [5.41, 5.74) is 1.58. The van der Waals surface area contributed by atoms with Gasteiger partial charge in [0.1, 0.15) is 5.82 Å². The van der Waals surface area contributed by atoms with E-state index in [0.29, 0.717) is 12.3 Å². The SMILES string of the molecule is Cc1cn[nH]c1[C@@H]1COCCN1S(=O)(=O)c1ccc(F)cc1. The molecule has 1 aliphatic heterocycles. The number of benzene rings is 1. The smallest absolute Gasteiger partial charge is 0.243 e. The summed E-state index contributed by atoms with van der Waals surface area (Å²) in [6.45, 7) is 2.67. The second-order valence-electron chi connectivity index (χ2n) is 5.13. The van der Waals surface area contributed by atoms with Gasteiger partial charge in [-0.2, -0.15) is 9.40 Å². The van der Waals surface area contributed by atoms with Crippen LogP contribution < -0.4 is 0 Å². The zero-order valence-electron chi connectivity index (χ0n) is 12.0. The lowest BCUT2D eigenvalue weighted by atomic mass is 10.1. The van der Waals surface area contributed by atoms with Crippen molar-refractivity contribution < 1.29 is 17.5 Å². The van der Waals surface area contributed by atoms with Crippen molar-refractivity contribution in [2.24, 2.45) is 0 Å². The van der Waals surface area contributed by atoms with Gasteiger partial charge < -0.3 is 4.74 Å². The van der Waals surface area contributed by atoms with E-state index in [4.69, 9.17) is 4.74 Å². The fraction of sp³-hybridized carbons (Fsp3) is 0.357. The minimum atomic E-state index is -3.73. The highest BCUT2D eigenvalue weighted by Crippen LogP contribution is 2.30. The number of halogens is 1. The summed E-state index contributed by atoms with van der Waals surface area (Å²) in [6.07, 6.45) is 1.65. The predicted octanol–water partition coefficient (Wildman–Crippen LogP) is 1.62. The highest BCUT2D eigenvalue weighted by Gasteiger charge is 2.36. The van der Waals surface area contributed by atoms with Gasteiger partial charge in [0.15, 0.2) is 0 Å². The van der Waals surface area contributed by atoms with Gasteiger partial charge in [-0.3, -0.25) is 5.10 Å². The molecule has 1 saturated heterocycles. The molecule has 1 atom stereocenters. The average molecular weight is 325 g/mol. The van der Waals surface area contributed by atoms with Crippen LogP contribution in [0.15, 0.2) is 35.4 Å². The summed E-state index contributed by atoms with van der Waals surface area (Å²) in [5, 5.41) is 6.79. The van der Waals surface area contributed by atoms with Crippen molar-refractivity contribution in [1.82, 2.24) is 14.5 Å². The Kier molecular flexibility index (Phi) is 3.98. The predicted molar refractivity (Wildman–Crippen MR) is 77.2 cm³/mol. The van der Waals surface area contributed by atoms with Crippen molar-refractivity contribution in [2.45, 2.75) is 17.9 Å². The molecule has 2 aromatic rings. The molecule has 2 heterocycles. The highest BCUT2D eigenvalue weighted by atomic mass is 32.2. The number of H-pyrrole nitrogens is 1. The van der Waals surface area contributed by atoms with Gasteiger partial charge >= 0.3 is 0 Å². The Morgan fingerprint density at radius 1 is 1.36 bits per heavy atom. The van der Waals surface area contributed by atoms with Crippen LogP contribution in [0.1, 0.15) is 17.3 Å². The van der Waals surface area contributed by atoms with Crippen LogP contribution in [-0.4, -0.2) is 42.7 Å². The van der Waals surface area contributed by atoms with Crippen LogP contribution in [0.3, 0.4) is 0 Å². The number of hydrogen-bond acceptors (Lipinski definition) is 4. The van der Waals surface area contributed by atoms with Crippen LogP contribution in [0.4, 0.5) is 4.39 Å². The molecule has 1 aliphatic rings. The molecule has 0 aliphatic carbocycles. The van der Waals surface area contributed by atoms with Crippen LogP contribution in [0.25, 0.3) is 0 Å². The van der Waals surface area contributed by atoms with Crippen LogP contribution >= 0.6 is 0 Å². The van der Waals surface area contributed by atoms with Gasteiger partial charge in [-0.15, -0.1) is 0 Å². The molecule has 0 unspecified atom stereocenters. The first-order valence-electron chi connectivity index (χ1n) is 6.85. The van der Waals surface area contributed by atoms with E-state index in [0.717, 1.165) is 17.7 Å². The highest BCUT2D eigenvalue weighted by molar-refractivity contribution is 7.89. The van der Waals surface area contributed by atoms with Gasteiger partial charge in [-0.1, -0.05) is 0 Å². The van der Waals surface area contributed by atoms with Crippen LogP contribution in [-0.2, 0) is 14.8 Å². The molecule has 6 nitrogen and oxygen atoms in total. The number of nitrogens with zero attached hydrogens (tertiary/aromatic N) is 2. The van der Waals surface area contributed by atoms with E-state index in [1.54, 1.807) is 6.20 Å². The van der Waals surface area contributed by atoms with Crippen molar-refractivity contribution >= 4 is 10.0 Å². The molecule has 0 bridgehead atoms. The Hall–Kier alpha value is -1.77. The van der Waals surface area contributed by atoms with Gasteiger partial charge in [-0.25, -0.2) is 12.8 Å². The number of aryl methyl sites for hydroxylation is 1. The van der Waals surface area contributed by atoms with E-state index in [9.17, 15) is 12.8 Å². The fourth-order valence-corrected chi connectivity index (χ4v) is 4.11. The first-order valence-corrected chi connectivity index (χ1v) is 8.29. The van der Waals surface area contributed by atoms with Gasteiger partial charge in [0.2, 0.25) is 10.0 Å². The molecular weight excluding hydrogens is 309 g/mol. The van der Waals surface area contributed by atoms with Crippen LogP contribution in [0.5, 0.6) is 0 Å². The number of aromatic nitrogens is 2. The summed E-state index contributed by atoms with van der Waals surface area (Å²) < 4.78 is 45.5. The van der Waals surface area contributed by atoms with E-state index in [1.807, 2.05) is 6.92 Å². The van der Waals surface area contributed by atoms with E-state index < -0.39 is 21.9 Å². The third kappa shape index (κ3) is 2.65. The van der Waals surface area contributed by atoms with Gasteiger partial charge in [0, 0.05) is 6.54 Å². The summed E-state index contributed by atoms with van der Waals surface area (Å²) in [7, 11) is -3.73. The maximum atomic E-state index is 13.0. The lowest BCUT2D eigenvalue weighted by Gasteiger charge is -2.34. The zero-order chi connectivity index (χ0) is 15.7. The zero-order valence-corrected chi connectivity index (χ0v) is 12.8. The summed E-state index contributed by atoms with van der Waals surface area (Å²) in [4.78, 5) is 0.0676. The molecule has 1 aromatic heterocycles. The Labute approximate surface area is 128 Å². The molecule has 0 radical (unpaired) electrons. The maximum Gasteiger partial charge on any atom is 0.243 e. The summed E-state index contributed by atoms with van der Waals surface area (Å²) in [6, 6.07) is 4.37. The van der Waals surface area contributed by atoms with Crippen molar-refractivity contribution in [3.8, 4) is 0 Å². The molecule has 0 amide bonds. The third-order valence-electron chi connectivity index (χ3n) is 3.70. The molecule has 8 heteroatoms. The molecule has 118 valence electrons. The topological polar surface area (TPSA) is 75.3 Å². The lowest BCUT2D eigenvalue weighted by molar-refractivity contribution is 0.0303. The van der Waals surface area contributed by atoms with Gasteiger partial charge in [0.05, 0.1) is 36.0 Å². The molecule has 1 N–H and O–H groups in total. The average Bonchev–Trinajstić information content (AvgIpc) is 2.94. The number of aromatic amines is 1. The van der Waals surface area contributed by atoms with E-state index >= 15 is 0 Å². The minimum Gasteiger partial charge on any atom is -0.378 e. The summed E-state index contributed by atoms with van der Waals surface area (Å²) >= 11 is 0. The summed E-state index contributed by atoms with van der Waals surface area (Å²) in [5.74, 6) is -0.470. The van der Waals surface area contributed by atoms with E-state index in [1.165, 1.54) is 16.4 Å². The number of morpholine rings is 1. The van der Waals surface area contributed by atoms with E-state index in [2.05, 4.69) is 10.2 Å². The second-order valence-corrected chi connectivity index (χ2v) is 7.02. The number of ether oxygens (including phenoxy) is 1. The third-order valence-corrected chi connectivity index (χ3v) is 5.62. The monoisotopic (exact) mass is 325 g/mol. The van der Waals surface area contributed by atoms with Crippen LogP contribution in [0, 0.1) is 12.7 Å². The van der Waals surface area contributed by atoms with Crippen LogP contribution in [0.2, 0.25) is 0 Å². The maximum absolute atomic E-state index is 13.0. The standard InChI is InChI=1S/C14H16FN3O3S/c1-10-8-16-17-14(10)13-9-21-7-6-18(13)22(19,20)12-4-2-11(15)3-5-12/h2-5,8,13H,6-7,9H2,1H3,(H,16,17)/t13-/m0/s1. The van der Waals surface area contributed by atoms with Crippen molar-refractivity contribution in [3.63, 3.8) is 0 Å². The largest absolute Gasteiger partial charge is 0.378 e. The second kappa shape index (κ2) is 5.79. The van der Waals surface area contributed by atoms with Gasteiger partial charge in [-0.05, 0) is 36.8 Å². The first-order chi connectivity index (χ1) is 10.5. The Balaban J connectivity index is 2.00. The molecule has 0 spiro atoms. The Bertz CT molecular complexity index is 758. The first kappa shape index (κ1) is 15.1. The Morgan fingerprint density at radius 3 is 2.73 bits per heavy atom. The van der Waals surface area contributed by atoms with Gasteiger partial charge in [0.25, 0.3) is 0 Å². The molecule has 22 heavy (non-hydrogen) atoms. The Morgan fingerprint density at radius 2 is 2.09 bits per heavy atom. The molecule has 1 fully saturated rings.